The zero-order valence-corrected chi connectivity index (χ0v) is 13.6. The lowest BCUT2D eigenvalue weighted by molar-refractivity contribution is -0.0560. The van der Waals surface area contributed by atoms with E-state index in [0.29, 0.717) is 18.3 Å². The first-order chi connectivity index (χ1) is 10.1. The number of aliphatic hydroxyl groups is 1. The molecule has 112 valence electrons. The van der Waals surface area contributed by atoms with Crippen molar-refractivity contribution >= 4 is 11.3 Å². The van der Waals surface area contributed by atoms with Crippen LogP contribution in [-0.4, -0.2) is 15.7 Å². The van der Waals surface area contributed by atoms with Crippen LogP contribution in [0.5, 0.6) is 0 Å². The minimum absolute atomic E-state index is 0.359. The van der Waals surface area contributed by atoms with E-state index in [9.17, 15) is 5.11 Å². The van der Waals surface area contributed by atoms with E-state index >= 15 is 0 Å². The van der Waals surface area contributed by atoms with Gasteiger partial charge in [-0.25, -0.2) is 4.98 Å². The van der Waals surface area contributed by atoms with Gasteiger partial charge >= 0.3 is 0 Å². The second-order valence-electron chi connectivity index (χ2n) is 6.56. The van der Waals surface area contributed by atoms with Gasteiger partial charge in [0, 0.05) is 17.4 Å². The van der Waals surface area contributed by atoms with Crippen molar-refractivity contribution in [3.05, 3.63) is 40.7 Å². The van der Waals surface area contributed by atoms with E-state index in [4.69, 9.17) is 4.98 Å². The number of thiazole rings is 1. The van der Waals surface area contributed by atoms with Crippen LogP contribution in [0.4, 0.5) is 0 Å². The molecule has 0 amide bonds. The summed E-state index contributed by atoms with van der Waals surface area (Å²) in [6, 6.07) is 10.3. The Bertz CT molecular complexity index is 594. The van der Waals surface area contributed by atoms with Gasteiger partial charge in [0.15, 0.2) is 0 Å². The standard InChI is InChI=1S/C18H23NOS/c1-13-8-9-14(2)18(20,10-13)11-17-19-16(12-21-17)15-6-4-3-5-7-15/h3-7,12-14,20H,8-11H2,1-2H3. The van der Waals surface area contributed by atoms with Gasteiger partial charge in [-0.3, -0.25) is 0 Å². The molecule has 21 heavy (non-hydrogen) atoms. The van der Waals surface area contributed by atoms with Crippen molar-refractivity contribution in [3.63, 3.8) is 0 Å². The quantitative estimate of drug-likeness (QED) is 0.903. The molecule has 1 aromatic carbocycles. The molecule has 3 unspecified atom stereocenters. The Hall–Kier alpha value is -1.19. The van der Waals surface area contributed by atoms with Gasteiger partial charge in [-0.15, -0.1) is 11.3 Å². The molecular formula is C18H23NOS. The van der Waals surface area contributed by atoms with Crippen molar-refractivity contribution in [1.29, 1.82) is 0 Å². The van der Waals surface area contributed by atoms with Crippen molar-refractivity contribution in [3.8, 4) is 11.3 Å². The van der Waals surface area contributed by atoms with Crippen LogP contribution in [-0.2, 0) is 6.42 Å². The van der Waals surface area contributed by atoms with E-state index in [2.05, 4.69) is 31.4 Å². The summed E-state index contributed by atoms with van der Waals surface area (Å²) in [7, 11) is 0. The van der Waals surface area contributed by atoms with E-state index in [1.54, 1.807) is 11.3 Å². The van der Waals surface area contributed by atoms with Crippen LogP contribution in [0.3, 0.4) is 0 Å². The van der Waals surface area contributed by atoms with E-state index in [0.717, 1.165) is 29.1 Å². The van der Waals surface area contributed by atoms with E-state index < -0.39 is 5.60 Å². The van der Waals surface area contributed by atoms with Gasteiger partial charge in [0.2, 0.25) is 0 Å². The van der Waals surface area contributed by atoms with Gasteiger partial charge in [0.25, 0.3) is 0 Å². The van der Waals surface area contributed by atoms with E-state index in [-0.39, 0.29) is 0 Å². The summed E-state index contributed by atoms with van der Waals surface area (Å²) < 4.78 is 0. The van der Waals surface area contributed by atoms with Crippen molar-refractivity contribution in [2.24, 2.45) is 11.8 Å². The molecule has 0 bridgehead atoms. The first-order valence-corrected chi connectivity index (χ1v) is 8.67. The molecule has 1 aliphatic rings. The molecule has 0 saturated heterocycles. The first-order valence-electron chi connectivity index (χ1n) is 7.79. The molecule has 2 aromatic rings. The molecule has 1 saturated carbocycles. The molecule has 2 nitrogen and oxygen atoms in total. The summed E-state index contributed by atoms with van der Waals surface area (Å²) in [6.07, 6.45) is 3.94. The molecule has 1 aliphatic carbocycles. The summed E-state index contributed by atoms with van der Waals surface area (Å²) in [5.74, 6) is 0.970. The van der Waals surface area contributed by atoms with Gasteiger partial charge < -0.3 is 5.11 Å². The summed E-state index contributed by atoms with van der Waals surface area (Å²) in [6.45, 7) is 4.42. The summed E-state index contributed by atoms with van der Waals surface area (Å²) in [5.41, 5.74) is 1.59. The van der Waals surface area contributed by atoms with E-state index in [1.807, 2.05) is 18.2 Å². The Kier molecular flexibility index (Phi) is 4.14. The number of rotatable bonds is 3. The zero-order valence-electron chi connectivity index (χ0n) is 12.7. The number of hydrogen-bond acceptors (Lipinski definition) is 3. The van der Waals surface area contributed by atoms with E-state index in [1.165, 1.54) is 6.42 Å². The molecule has 1 aromatic heterocycles. The lowest BCUT2D eigenvalue weighted by Gasteiger charge is -2.40. The summed E-state index contributed by atoms with van der Waals surface area (Å²) in [5, 5.41) is 14.2. The molecule has 0 radical (unpaired) electrons. The normalized spacial score (nSPS) is 29.5. The molecule has 3 rings (SSSR count). The Morgan fingerprint density at radius 3 is 2.76 bits per heavy atom. The Labute approximate surface area is 130 Å². The van der Waals surface area contributed by atoms with Crippen LogP contribution in [0.1, 0.15) is 38.1 Å². The average molecular weight is 301 g/mol. The Morgan fingerprint density at radius 1 is 1.24 bits per heavy atom. The van der Waals surface area contributed by atoms with Crippen LogP contribution in [0.15, 0.2) is 35.7 Å². The minimum Gasteiger partial charge on any atom is -0.389 e. The third-order valence-corrected chi connectivity index (χ3v) is 5.64. The number of aromatic nitrogens is 1. The van der Waals surface area contributed by atoms with Crippen LogP contribution in [0, 0.1) is 11.8 Å². The molecular weight excluding hydrogens is 278 g/mol. The number of benzene rings is 1. The fourth-order valence-corrected chi connectivity index (χ4v) is 4.27. The maximum absolute atomic E-state index is 11.0. The number of hydrogen-bond donors (Lipinski definition) is 1. The van der Waals surface area contributed by atoms with Gasteiger partial charge in [0.1, 0.15) is 0 Å². The topological polar surface area (TPSA) is 33.1 Å². The minimum atomic E-state index is -0.580. The van der Waals surface area contributed by atoms with Gasteiger partial charge in [-0.05, 0) is 24.7 Å². The molecule has 3 atom stereocenters. The average Bonchev–Trinajstić information content (AvgIpc) is 2.92. The highest BCUT2D eigenvalue weighted by Gasteiger charge is 2.39. The van der Waals surface area contributed by atoms with Crippen LogP contribution in [0.2, 0.25) is 0 Å². The van der Waals surface area contributed by atoms with Crippen molar-refractivity contribution < 1.29 is 5.11 Å². The van der Waals surface area contributed by atoms with Crippen LogP contribution >= 0.6 is 11.3 Å². The van der Waals surface area contributed by atoms with Gasteiger partial charge in [0.05, 0.1) is 16.3 Å². The predicted molar refractivity (Wildman–Crippen MR) is 88.4 cm³/mol. The Balaban J connectivity index is 1.78. The first kappa shape index (κ1) is 14.7. The molecule has 0 spiro atoms. The fourth-order valence-electron chi connectivity index (χ4n) is 3.35. The van der Waals surface area contributed by atoms with Gasteiger partial charge in [-0.1, -0.05) is 50.6 Å². The maximum atomic E-state index is 11.0. The second-order valence-corrected chi connectivity index (χ2v) is 7.50. The fraction of sp³-hybridized carbons (Fsp3) is 0.500. The van der Waals surface area contributed by atoms with Crippen LogP contribution < -0.4 is 0 Å². The predicted octanol–water partition coefficient (Wildman–Crippen LogP) is 4.54. The highest BCUT2D eigenvalue weighted by Crippen LogP contribution is 2.39. The molecule has 1 heterocycles. The zero-order chi connectivity index (χ0) is 14.9. The maximum Gasteiger partial charge on any atom is 0.0961 e. The lowest BCUT2D eigenvalue weighted by atomic mass is 9.70. The van der Waals surface area contributed by atoms with Crippen molar-refractivity contribution in [2.75, 3.05) is 0 Å². The number of nitrogens with zero attached hydrogens (tertiary/aromatic N) is 1. The van der Waals surface area contributed by atoms with Gasteiger partial charge in [-0.2, -0.15) is 0 Å². The summed E-state index contributed by atoms with van der Waals surface area (Å²) in [4.78, 5) is 4.74. The summed E-state index contributed by atoms with van der Waals surface area (Å²) >= 11 is 1.67. The SMILES string of the molecule is CC1CCC(C)C(O)(Cc2nc(-c3ccccc3)cs2)C1. The largest absolute Gasteiger partial charge is 0.389 e. The Morgan fingerprint density at radius 2 is 2.00 bits per heavy atom. The molecule has 3 heteroatoms. The second kappa shape index (κ2) is 5.90. The monoisotopic (exact) mass is 301 g/mol. The van der Waals surface area contributed by atoms with Crippen molar-refractivity contribution in [2.45, 2.75) is 45.1 Å². The smallest absolute Gasteiger partial charge is 0.0961 e. The van der Waals surface area contributed by atoms with Crippen molar-refractivity contribution in [1.82, 2.24) is 4.98 Å². The lowest BCUT2D eigenvalue weighted by Crippen LogP contribution is -2.43. The molecule has 0 aliphatic heterocycles. The highest BCUT2D eigenvalue weighted by atomic mass is 32.1. The van der Waals surface area contributed by atoms with Crippen LogP contribution in [0.25, 0.3) is 11.3 Å². The molecule has 1 fully saturated rings. The third-order valence-electron chi connectivity index (χ3n) is 4.79. The highest BCUT2D eigenvalue weighted by molar-refractivity contribution is 7.09. The third kappa shape index (κ3) is 3.19. The molecule has 1 N–H and O–H groups in total.